The van der Waals surface area contributed by atoms with Crippen molar-refractivity contribution in [1.29, 1.82) is 0 Å². The zero-order valence-electron chi connectivity index (χ0n) is 11.8. The minimum Gasteiger partial charge on any atom is -0.493 e. The van der Waals surface area contributed by atoms with Crippen LogP contribution in [-0.2, 0) is 10.6 Å². The summed E-state index contributed by atoms with van der Waals surface area (Å²) in [6.07, 6.45) is 2.96. The van der Waals surface area contributed by atoms with E-state index in [4.69, 9.17) is 25.8 Å². The summed E-state index contributed by atoms with van der Waals surface area (Å²) in [7, 11) is 1.71. The average Bonchev–Trinajstić information content (AvgIpc) is 2.45. The Balaban J connectivity index is 2.52. The van der Waals surface area contributed by atoms with Crippen molar-refractivity contribution in [3.8, 4) is 11.5 Å². The molecule has 108 valence electrons. The summed E-state index contributed by atoms with van der Waals surface area (Å²) in [6.45, 7) is 4.24. The largest absolute Gasteiger partial charge is 0.493 e. The maximum atomic E-state index is 5.91. The standard InChI is InChI=1S/C15H23ClO3/c1-3-8-18-14-7-6-13(12-16)15(11-14)19-10-5-4-9-17-2/h6-7,11H,3-5,8-10,12H2,1-2H3. The molecule has 0 aliphatic rings. The molecular formula is C15H23ClO3. The van der Waals surface area contributed by atoms with Gasteiger partial charge in [-0.05, 0) is 25.3 Å². The van der Waals surface area contributed by atoms with Crippen LogP contribution in [-0.4, -0.2) is 26.9 Å². The average molecular weight is 287 g/mol. The zero-order chi connectivity index (χ0) is 13.9. The third-order valence-electron chi connectivity index (χ3n) is 2.66. The van der Waals surface area contributed by atoms with Crippen molar-refractivity contribution in [2.45, 2.75) is 32.1 Å². The third-order valence-corrected chi connectivity index (χ3v) is 2.94. The van der Waals surface area contributed by atoms with Gasteiger partial charge in [0.05, 0.1) is 19.1 Å². The van der Waals surface area contributed by atoms with Crippen LogP contribution in [0.5, 0.6) is 11.5 Å². The molecule has 0 fully saturated rings. The zero-order valence-corrected chi connectivity index (χ0v) is 12.5. The first-order valence-corrected chi connectivity index (χ1v) is 7.28. The highest BCUT2D eigenvalue weighted by atomic mass is 35.5. The molecular weight excluding hydrogens is 264 g/mol. The lowest BCUT2D eigenvalue weighted by Gasteiger charge is -2.12. The Morgan fingerprint density at radius 1 is 1.05 bits per heavy atom. The number of rotatable bonds is 10. The predicted molar refractivity (Wildman–Crippen MR) is 78.4 cm³/mol. The molecule has 0 aliphatic heterocycles. The van der Waals surface area contributed by atoms with Gasteiger partial charge < -0.3 is 14.2 Å². The van der Waals surface area contributed by atoms with E-state index in [2.05, 4.69) is 6.92 Å². The number of alkyl halides is 1. The fraction of sp³-hybridized carbons (Fsp3) is 0.600. The molecule has 0 aliphatic carbocycles. The second kappa shape index (κ2) is 9.93. The lowest BCUT2D eigenvalue weighted by atomic mass is 10.2. The van der Waals surface area contributed by atoms with E-state index >= 15 is 0 Å². The number of ether oxygens (including phenoxy) is 3. The van der Waals surface area contributed by atoms with E-state index in [-0.39, 0.29) is 0 Å². The summed E-state index contributed by atoms with van der Waals surface area (Å²) >= 11 is 5.91. The molecule has 0 radical (unpaired) electrons. The van der Waals surface area contributed by atoms with Gasteiger partial charge in [-0.3, -0.25) is 0 Å². The summed E-state index contributed by atoms with van der Waals surface area (Å²) < 4.78 is 16.4. The molecule has 3 nitrogen and oxygen atoms in total. The highest BCUT2D eigenvalue weighted by Crippen LogP contribution is 2.26. The number of halogens is 1. The monoisotopic (exact) mass is 286 g/mol. The van der Waals surface area contributed by atoms with Gasteiger partial charge in [0.15, 0.2) is 0 Å². The fourth-order valence-electron chi connectivity index (χ4n) is 1.62. The van der Waals surface area contributed by atoms with Gasteiger partial charge in [0.1, 0.15) is 11.5 Å². The van der Waals surface area contributed by atoms with Crippen LogP contribution in [0.2, 0.25) is 0 Å². The van der Waals surface area contributed by atoms with E-state index in [1.165, 1.54) is 0 Å². The summed E-state index contributed by atoms with van der Waals surface area (Å²) in [5.74, 6) is 2.10. The highest BCUT2D eigenvalue weighted by molar-refractivity contribution is 6.17. The van der Waals surface area contributed by atoms with Gasteiger partial charge in [-0.25, -0.2) is 0 Å². The van der Waals surface area contributed by atoms with Crippen LogP contribution < -0.4 is 9.47 Å². The molecule has 0 spiro atoms. The maximum absolute atomic E-state index is 5.91. The topological polar surface area (TPSA) is 27.7 Å². The van der Waals surface area contributed by atoms with Crippen molar-refractivity contribution < 1.29 is 14.2 Å². The first kappa shape index (κ1) is 16.1. The Hall–Kier alpha value is -0.930. The molecule has 0 saturated heterocycles. The van der Waals surface area contributed by atoms with Crippen molar-refractivity contribution in [3.05, 3.63) is 23.8 Å². The second-order valence-corrected chi connectivity index (χ2v) is 4.57. The fourth-order valence-corrected chi connectivity index (χ4v) is 1.84. The second-order valence-electron chi connectivity index (χ2n) is 4.30. The van der Waals surface area contributed by atoms with Gasteiger partial charge in [-0.2, -0.15) is 0 Å². The minimum atomic E-state index is 0.446. The van der Waals surface area contributed by atoms with Crippen LogP contribution in [0.4, 0.5) is 0 Å². The van der Waals surface area contributed by atoms with Gasteiger partial charge >= 0.3 is 0 Å². The van der Waals surface area contributed by atoms with Crippen LogP contribution in [0.25, 0.3) is 0 Å². The molecule has 0 atom stereocenters. The molecule has 0 unspecified atom stereocenters. The SMILES string of the molecule is CCCOc1ccc(CCl)c(OCCCCOC)c1. The minimum absolute atomic E-state index is 0.446. The van der Waals surface area contributed by atoms with Gasteiger partial charge in [0, 0.05) is 25.3 Å². The molecule has 1 aromatic rings. The van der Waals surface area contributed by atoms with Gasteiger partial charge in [-0.15, -0.1) is 11.6 Å². The first-order chi connectivity index (χ1) is 9.31. The smallest absolute Gasteiger partial charge is 0.127 e. The Morgan fingerprint density at radius 2 is 1.84 bits per heavy atom. The first-order valence-electron chi connectivity index (χ1n) is 6.75. The number of unbranched alkanes of at least 4 members (excludes halogenated alkanes) is 1. The van der Waals surface area contributed by atoms with Gasteiger partial charge in [-0.1, -0.05) is 13.0 Å². The molecule has 1 aromatic carbocycles. The highest BCUT2D eigenvalue weighted by Gasteiger charge is 2.05. The van der Waals surface area contributed by atoms with Crippen molar-refractivity contribution in [2.24, 2.45) is 0 Å². The molecule has 1 rings (SSSR count). The molecule has 0 amide bonds. The van der Waals surface area contributed by atoms with Crippen molar-refractivity contribution in [1.82, 2.24) is 0 Å². The van der Waals surface area contributed by atoms with E-state index in [1.807, 2.05) is 18.2 Å². The van der Waals surface area contributed by atoms with E-state index < -0.39 is 0 Å². The van der Waals surface area contributed by atoms with Crippen LogP contribution in [0.15, 0.2) is 18.2 Å². The predicted octanol–water partition coefficient (Wildman–Crippen LogP) is 4.02. The van der Waals surface area contributed by atoms with Crippen molar-refractivity contribution in [3.63, 3.8) is 0 Å². The molecule has 0 saturated carbocycles. The molecule has 0 N–H and O–H groups in total. The summed E-state index contributed by atoms with van der Waals surface area (Å²) in [6, 6.07) is 5.82. The van der Waals surface area contributed by atoms with Crippen molar-refractivity contribution in [2.75, 3.05) is 26.9 Å². The van der Waals surface area contributed by atoms with E-state index in [9.17, 15) is 0 Å². The number of benzene rings is 1. The lowest BCUT2D eigenvalue weighted by Crippen LogP contribution is -2.02. The molecule has 0 aromatic heterocycles. The lowest BCUT2D eigenvalue weighted by molar-refractivity contribution is 0.184. The summed E-state index contributed by atoms with van der Waals surface area (Å²) in [4.78, 5) is 0. The van der Waals surface area contributed by atoms with Gasteiger partial charge in [0.2, 0.25) is 0 Å². The molecule has 4 heteroatoms. The maximum Gasteiger partial charge on any atom is 0.127 e. The van der Waals surface area contributed by atoms with E-state index in [1.54, 1.807) is 7.11 Å². The molecule has 0 bridgehead atoms. The van der Waals surface area contributed by atoms with E-state index in [0.29, 0.717) is 19.1 Å². The quantitative estimate of drug-likeness (QED) is 0.480. The molecule has 0 heterocycles. The van der Waals surface area contributed by atoms with Crippen molar-refractivity contribution >= 4 is 11.6 Å². The number of hydrogen-bond donors (Lipinski definition) is 0. The normalized spacial score (nSPS) is 10.5. The van der Waals surface area contributed by atoms with Crippen LogP contribution in [0, 0.1) is 0 Å². The Morgan fingerprint density at radius 3 is 2.53 bits per heavy atom. The number of methoxy groups -OCH3 is 1. The van der Waals surface area contributed by atoms with Crippen LogP contribution in [0.1, 0.15) is 31.7 Å². The third kappa shape index (κ3) is 6.17. The Bertz CT molecular complexity index is 355. The van der Waals surface area contributed by atoms with Crippen LogP contribution >= 0.6 is 11.6 Å². The summed E-state index contributed by atoms with van der Waals surface area (Å²) in [5.41, 5.74) is 0.997. The van der Waals surface area contributed by atoms with E-state index in [0.717, 1.165) is 42.9 Å². The Labute approximate surface area is 120 Å². The van der Waals surface area contributed by atoms with Crippen LogP contribution in [0.3, 0.4) is 0 Å². The summed E-state index contributed by atoms with van der Waals surface area (Å²) in [5, 5.41) is 0. The Kier molecular flexibility index (Phi) is 8.43. The van der Waals surface area contributed by atoms with Gasteiger partial charge in [0.25, 0.3) is 0 Å². The molecule has 19 heavy (non-hydrogen) atoms. The number of hydrogen-bond acceptors (Lipinski definition) is 3.